The van der Waals surface area contributed by atoms with Crippen molar-refractivity contribution < 1.29 is 0 Å². The third-order valence-electron chi connectivity index (χ3n) is 5.73. The molecule has 212 valence electrons. The zero-order valence-corrected chi connectivity index (χ0v) is 26.2. The van der Waals surface area contributed by atoms with Crippen molar-refractivity contribution >= 4 is 51.2 Å². The number of hydrogen-bond donors (Lipinski definition) is 3. The highest BCUT2D eigenvalue weighted by Gasteiger charge is 2.06. The first-order valence-electron chi connectivity index (χ1n) is 12.5. The summed E-state index contributed by atoms with van der Waals surface area (Å²) < 4.78 is 4.51. The number of halogens is 1. The molecule has 0 aromatic carbocycles. The average Bonchev–Trinajstić information content (AvgIpc) is 3.49. The molecule has 0 amide bonds. The van der Waals surface area contributed by atoms with E-state index in [1.54, 1.807) is 6.92 Å². The summed E-state index contributed by atoms with van der Waals surface area (Å²) in [6, 6.07) is 11.2. The molecule has 0 aliphatic carbocycles. The van der Waals surface area contributed by atoms with Gasteiger partial charge in [0, 0.05) is 47.0 Å². The zero-order chi connectivity index (χ0) is 29.5. The van der Waals surface area contributed by atoms with E-state index in [0.29, 0.717) is 15.7 Å². The molecule has 6 aromatic rings. The first-order chi connectivity index (χ1) is 19.6. The lowest BCUT2D eigenvalue weighted by Crippen LogP contribution is -2.08. The highest BCUT2D eigenvalue weighted by Crippen LogP contribution is 2.19. The number of alkyl halides is 1. The fourth-order valence-corrected chi connectivity index (χ4v) is 5.38. The van der Waals surface area contributed by atoms with E-state index in [1.807, 2.05) is 49.1 Å². The number of imidazole rings is 2. The van der Waals surface area contributed by atoms with Crippen molar-refractivity contribution in [3.05, 3.63) is 121 Å². The van der Waals surface area contributed by atoms with Crippen LogP contribution in [0.4, 0.5) is 0 Å². The second-order valence-corrected chi connectivity index (χ2v) is 11.2. The summed E-state index contributed by atoms with van der Waals surface area (Å²) in [5.41, 5.74) is 7.88. The quantitative estimate of drug-likeness (QED) is 0.0978. The Balaban J connectivity index is 0.000000156. The van der Waals surface area contributed by atoms with Crippen LogP contribution in [0.25, 0.3) is 11.3 Å². The van der Waals surface area contributed by atoms with Gasteiger partial charge in [0.15, 0.2) is 9.93 Å². The highest BCUT2D eigenvalue weighted by molar-refractivity contribution is 9.08. The molecule has 0 radical (unpaired) electrons. The maximum absolute atomic E-state index is 11.4. The van der Waals surface area contributed by atoms with Crippen LogP contribution in [0.3, 0.4) is 0 Å². The molecule has 0 atom stereocenters. The summed E-state index contributed by atoms with van der Waals surface area (Å²) in [5.74, 6) is 0.705. The van der Waals surface area contributed by atoms with Gasteiger partial charge in [-0.1, -0.05) is 27.7 Å². The summed E-state index contributed by atoms with van der Waals surface area (Å²) in [7, 11) is 0. The molecule has 0 unspecified atom stereocenters. The lowest BCUT2D eigenvalue weighted by atomic mass is 10.3. The molecule has 0 fully saturated rings. The van der Waals surface area contributed by atoms with E-state index < -0.39 is 0 Å². The number of aromatic amines is 3. The van der Waals surface area contributed by atoms with Crippen molar-refractivity contribution in [3.63, 3.8) is 0 Å². The number of nitrogens with one attached hydrogen (secondary N) is 3. The summed E-state index contributed by atoms with van der Waals surface area (Å²) in [6.07, 6.45) is 7.81. The molecule has 0 aliphatic heterocycles. The molecule has 10 nitrogen and oxygen atoms in total. The van der Waals surface area contributed by atoms with E-state index in [1.165, 1.54) is 40.7 Å². The molecular weight excluding hydrogens is 624 g/mol. The maximum Gasteiger partial charge on any atom is 0.251 e. The number of pyridine rings is 2. The number of aromatic nitrogens is 8. The molecule has 0 bridgehead atoms. The van der Waals surface area contributed by atoms with E-state index in [-0.39, 0.29) is 11.1 Å². The third-order valence-corrected chi connectivity index (χ3v) is 7.41. The Labute approximate surface area is 253 Å². The molecule has 3 N–H and O–H groups in total. The first-order valence-corrected chi connectivity index (χ1v) is 15.0. The standard InChI is InChI=1S/C14H14N4OS.C9H9BrN2.C5H6N2OS/c1-9-3-4-18-11(7-15-12(18)5-9)8-20-14-16-10(2)6-13(19)17-14;1-7-2-3-12-8(5-10)6-11-9(12)4-7;1-3-2-4(8)7-5(9)6-3/h3-7H,8H2,1-2H3,(H,16,17,19);2-4,6H,5H2,1H3;2H,1H3,(H2,6,7,8,9). The number of fused-ring (bicyclic) bond motifs is 2. The fraction of sp³-hybridized carbons (Fsp3) is 0.214. The average molecular weight is 654 g/mol. The number of aryl methyl sites for hydroxylation is 4. The van der Waals surface area contributed by atoms with Crippen molar-refractivity contribution in [2.75, 3.05) is 0 Å². The Morgan fingerprint density at radius 1 is 0.829 bits per heavy atom. The second-order valence-electron chi connectivity index (χ2n) is 9.25. The molecule has 6 rings (SSSR count). The highest BCUT2D eigenvalue weighted by atomic mass is 79.9. The van der Waals surface area contributed by atoms with E-state index in [0.717, 1.165) is 33.7 Å². The van der Waals surface area contributed by atoms with Crippen LogP contribution < -0.4 is 11.1 Å². The van der Waals surface area contributed by atoms with Crippen molar-refractivity contribution in [2.45, 2.75) is 43.9 Å². The van der Waals surface area contributed by atoms with Crippen LogP contribution in [0.15, 0.2) is 75.9 Å². The summed E-state index contributed by atoms with van der Waals surface area (Å²) >= 11 is 9.59. The smallest absolute Gasteiger partial charge is 0.251 e. The molecule has 13 heteroatoms. The van der Waals surface area contributed by atoms with Crippen LogP contribution in [-0.4, -0.2) is 38.7 Å². The largest absolute Gasteiger partial charge is 0.336 e. The zero-order valence-electron chi connectivity index (χ0n) is 22.9. The van der Waals surface area contributed by atoms with E-state index >= 15 is 0 Å². The normalized spacial score (nSPS) is 10.7. The summed E-state index contributed by atoms with van der Waals surface area (Å²) in [4.78, 5) is 42.9. The van der Waals surface area contributed by atoms with Crippen LogP contribution in [-0.2, 0) is 11.1 Å². The molecule has 6 aromatic heterocycles. The van der Waals surface area contributed by atoms with Crippen LogP contribution >= 0.6 is 39.9 Å². The first kappa shape index (κ1) is 30.2. The Bertz CT molecular complexity index is 1940. The van der Waals surface area contributed by atoms with Crippen LogP contribution in [0.5, 0.6) is 0 Å². The van der Waals surface area contributed by atoms with Gasteiger partial charge in [0.2, 0.25) is 0 Å². The van der Waals surface area contributed by atoms with E-state index in [9.17, 15) is 9.59 Å². The monoisotopic (exact) mass is 652 g/mol. The number of hydrogen-bond acceptors (Lipinski definition) is 7. The molecule has 0 aliphatic rings. The third kappa shape index (κ3) is 8.35. The SMILES string of the molecule is Cc1cc(=O)[nH]c(=S)[nH]1.Cc1ccn2c(CBr)cnc2c1.Cc1ccn2c(CSc3nc(C)cc(=O)[nH]3)cnc2c1. The minimum absolute atomic E-state index is 0.117. The second kappa shape index (κ2) is 13.7. The maximum atomic E-state index is 11.4. The van der Waals surface area contributed by atoms with E-state index in [2.05, 4.69) is 87.6 Å². The van der Waals surface area contributed by atoms with Gasteiger partial charge < -0.3 is 18.8 Å². The van der Waals surface area contributed by atoms with Crippen LogP contribution in [0, 0.1) is 32.5 Å². The molecular formula is C28H29BrN8O2S2. The van der Waals surface area contributed by atoms with Gasteiger partial charge in [0.25, 0.3) is 11.1 Å². The van der Waals surface area contributed by atoms with E-state index in [4.69, 9.17) is 0 Å². The Kier molecular flexibility index (Phi) is 10.1. The van der Waals surface area contributed by atoms with Gasteiger partial charge in [-0.25, -0.2) is 15.0 Å². The van der Waals surface area contributed by atoms with Crippen LogP contribution in [0.2, 0.25) is 0 Å². The van der Waals surface area contributed by atoms with Gasteiger partial charge in [0.1, 0.15) is 11.3 Å². The Hall–Kier alpha value is -3.81. The lowest BCUT2D eigenvalue weighted by molar-refractivity contribution is 0.903. The topological polar surface area (TPSA) is 129 Å². The Morgan fingerprint density at radius 3 is 1.98 bits per heavy atom. The fourth-order valence-electron chi connectivity index (χ4n) is 3.83. The number of nitrogens with zero attached hydrogens (tertiary/aromatic N) is 5. The van der Waals surface area contributed by atoms with Gasteiger partial charge in [0.05, 0.1) is 23.8 Å². The van der Waals surface area contributed by atoms with Crippen molar-refractivity contribution in [1.29, 1.82) is 0 Å². The predicted molar refractivity (Wildman–Crippen MR) is 169 cm³/mol. The van der Waals surface area contributed by atoms with Crippen molar-refractivity contribution in [1.82, 2.24) is 38.7 Å². The number of rotatable bonds is 4. The molecule has 6 heterocycles. The molecule has 0 saturated heterocycles. The van der Waals surface area contributed by atoms with Gasteiger partial charge >= 0.3 is 0 Å². The molecule has 0 saturated carbocycles. The molecule has 41 heavy (non-hydrogen) atoms. The Morgan fingerprint density at radius 2 is 1.41 bits per heavy atom. The van der Waals surface area contributed by atoms with Gasteiger partial charge in [-0.05, 0) is 75.3 Å². The lowest BCUT2D eigenvalue weighted by Gasteiger charge is -2.03. The minimum Gasteiger partial charge on any atom is -0.336 e. The van der Waals surface area contributed by atoms with Gasteiger partial charge in [-0.2, -0.15) is 0 Å². The molecule has 0 spiro atoms. The van der Waals surface area contributed by atoms with Crippen LogP contribution in [0.1, 0.15) is 33.9 Å². The summed E-state index contributed by atoms with van der Waals surface area (Å²) in [6.45, 7) is 7.72. The summed E-state index contributed by atoms with van der Waals surface area (Å²) in [5, 5.41) is 1.48. The number of thioether (sulfide) groups is 1. The predicted octanol–water partition coefficient (Wildman–Crippen LogP) is 5.61. The minimum atomic E-state index is -0.156. The van der Waals surface area contributed by atoms with Crippen molar-refractivity contribution in [3.8, 4) is 0 Å². The van der Waals surface area contributed by atoms with Crippen molar-refractivity contribution in [2.24, 2.45) is 0 Å². The number of H-pyrrole nitrogens is 3. The van der Waals surface area contributed by atoms with Gasteiger partial charge in [-0.15, -0.1) is 0 Å². The van der Waals surface area contributed by atoms with Gasteiger partial charge in [-0.3, -0.25) is 14.6 Å².